The average Bonchev–Trinajstić information content (AvgIpc) is 3.55. The quantitative estimate of drug-likeness (QED) is 0.413. The number of rotatable bonds is 6. The van der Waals surface area contributed by atoms with Crippen molar-refractivity contribution in [2.24, 2.45) is 0 Å². The molecule has 2 aromatic heterocycles. The first kappa shape index (κ1) is 22.9. The Morgan fingerprint density at radius 2 is 1.71 bits per heavy atom. The second-order valence-corrected chi connectivity index (χ2v) is 9.69. The molecule has 1 fully saturated rings. The monoisotopic (exact) mass is 484 g/mol. The number of carbonyl (C=O) groups is 2. The lowest BCUT2D eigenvalue weighted by Crippen LogP contribution is -2.49. The summed E-state index contributed by atoms with van der Waals surface area (Å²) in [6, 6.07) is 24.0. The van der Waals surface area contributed by atoms with Crippen LogP contribution in [0.2, 0.25) is 0 Å². The van der Waals surface area contributed by atoms with Gasteiger partial charge in [0.1, 0.15) is 5.69 Å². The zero-order valence-corrected chi connectivity index (χ0v) is 20.5. The van der Waals surface area contributed by atoms with E-state index < -0.39 is 0 Å². The van der Waals surface area contributed by atoms with E-state index in [0.717, 1.165) is 18.7 Å². The van der Waals surface area contributed by atoms with Gasteiger partial charge >= 0.3 is 0 Å². The van der Waals surface area contributed by atoms with Crippen molar-refractivity contribution in [3.63, 3.8) is 0 Å². The fourth-order valence-electron chi connectivity index (χ4n) is 4.50. The predicted octanol–water partition coefficient (Wildman–Crippen LogP) is 5.12. The van der Waals surface area contributed by atoms with Crippen molar-refractivity contribution >= 4 is 34.5 Å². The third kappa shape index (κ3) is 5.15. The summed E-state index contributed by atoms with van der Waals surface area (Å²) in [6.07, 6.45) is 1.89. The Hall–Kier alpha value is -3.84. The minimum absolute atomic E-state index is 0.0585. The van der Waals surface area contributed by atoms with Gasteiger partial charge in [-0.2, -0.15) is 0 Å². The second kappa shape index (κ2) is 10.2. The van der Waals surface area contributed by atoms with Crippen LogP contribution in [-0.2, 0) is 6.54 Å². The molecule has 0 saturated carbocycles. The molecule has 6 nitrogen and oxygen atoms in total. The first-order valence-corrected chi connectivity index (χ1v) is 12.7. The lowest BCUT2D eigenvalue weighted by Gasteiger charge is -2.36. The van der Waals surface area contributed by atoms with Crippen LogP contribution in [0.1, 0.15) is 31.3 Å². The number of piperazine rings is 1. The molecule has 0 unspecified atom stereocenters. The van der Waals surface area contributed by atoms with E-state index in [1.54, 1.807) is 6.07 Å². The standard InChI is InChI=1S/C28H28N4O2S/c1-21-7-5-8-22(19-21)20-32-13-12-24(29-27(33)25-11-6-18-35-25)26(32)28(34)31-16-14-30(15-17-31)23-9-3-2-4-10-23/h2-13,18-19H,14-17,20H2,1H3,(H,29,33). The summed E-state index contributed by atoms with van der Waals surface area (Å²) in [6.45, 7) is 5.41. The van der Waals surface area contributed by atoms with Crippen molar-refractivity contribution in [3.8, 4) is 0 Å². The number of nitrogens with zero attached hydrogens (tertiary/aromatic N) is 3. The highest BCUT2D eigenvalue weighted by molar-refractivity contribution is 7.12. The first-order valence-electron chi connectivity index (χ1n) is 11.8. The van der Waals surface area contributed by atoms with Crippen molar-refractivity contribution in [2.45, 2.75) is 13.5 Å². The summed E-state index contributed by atoms with van der Waals surface area (Å²) in [5, 5.41) is 4.85. The fraction of sp³-hybridized carbons (Fsp3) is 0.214. The number of hydrogen-bond donors (Lipinski definition) is 1. The number of anilines is 2. The van der Waals surface area contributed by atoms with E-state index in [4.69, 9.17) is 0 Å². The first-order chi connectivity index (χ1) is 17.1. The Kier molecular flexibility index (Phi) is 6.68. The van der Waals surface area contributed by atoms with Gasteiger partial charge in [-0.05, 0) is 42.1 Å². The van der Waals surface area contributed by atoms with Gasteiger partial charge in [0.2, 0.25) is 0 Å². The average molecular weight is 485 g/mol. The molecule has 0 aliphatic carbocycles. The Labute approximate surface area is 209 Å². The summed E-state index contributed by atoms with van der Waals surface area (Å²) in [4.78, 5) is 31.4. The summed E-state index contributed by atoms with van der Waals surface area (Å²) < 4.78 is 1.95. The molecule has 35 heavy (non-hydrogen) atoms. The van der Waals surface area contributed by atoms with Crippen LogP contribution in [0.4, 0.5) is 11.4 Å². The van der Waals surface area contributed by atoms with E-state index in [-0.39, 0.29) is 11.8 Å². The van der Waals surface area contributed by atoms with E-state index in [9.17, 15) is 9.59 Å². The van der Waals surface area contributed by atoms with Crippen LogP contribution >= 0.6 is 11.3 Å². The van der Waals surface area contributed by atoms with Gasteiger partial charge in [0.25, 0.3) is 11.8 Å². The van der Waals surface area contributed by atoms with Crippen LogP contribution in [0.15, 0.2) is 84.4 Å². The van der Waals surface area contributed by atoms with Crippen molar-refractivity contribution in [3.05, 3.63) is 106 Å². The number of aromatic nitrogens is 1. The van der Waals surface area contributed by atoms with E-state index in [2.05, 4.69) is 47.5 Å². The number of hydrogen-bond acceptors (Lipinski definition) is 4. The highest BCUT2D eigenvalue weighted by Crippen LogP contribution is 2.24. The highest BCUT2D eigenvalue weighted by Gasteiger charge is 2.27. The molecular weight excluding hydrogens is 456 g/mol. The Morgan fingerprint density at radius 1 is 0.914 bits per heavy atom. The Morgan fingerprint density at radius 3 is 2.43 bits per heavy atom. The molecule has 2 aromatic carbocycles. The molecule has 0 spiro atoms. The zero-order valence-electron chi connectivity index (χ0n) is 19.7. The number of thiophene rings is 1. The SMILES string of the molecule is Cc1cccc(Cn2ccc(NC(=O)c3cccs3)c2C(=O)N2CCN(c3ccccc3)CC2)c1. The van der Waals surface area contributed by atoms with Gasteiger partial charge in [0.05, 0.1) is 10.6 Å². The molecule has 2 amide bonds. The molecule has 1 aliphatic rings. The zero-order chi connectivity index (χ0) is 24.2. The number of nitrogens with one attached hydrogen (secondary N) is 1. The van der Waals surface area contributed by atoms with Crippen LogP contribution in [0.5, 0.6) is 0 Å². The van der Waals surface area contributed by atoms with E-state index in [1.165, 1.54) is 22.6 Å². The number of benzene rings is 2. The Balaban J connectivity index is 1.39. The van der Waals surface area contributed by atoms with Crippen LogP contribution in [0.25, 0.3) is 0 Å². The molecular formula is C28H28N4O2S. The van der Waals surface area contributed by atoms with E-state index in [1.807, 2.05) is 57.4 Å². The molecule has 178 valence electrons. The molecule has 0 bridgehead atoms. The highest BCUT2D eigenvalue weighted by atomic mass is 32.1. The maximum Gasteiger partial charge on any atom is 0.272 e. The molecule has 3 heterocycles. The van der Waals surface area contributed by atoms with Gasteiger partial charge in [0.15, 0.2) is 0 Å². The lowest BCUT2D eigenvalue weighted by atomic mass is 10.1. The largest absolute Gasteiger partial charge is 0.368 e. The van der Waals surface area contributed by atoms with Crippen LogP contribution < -0.4 is 10.2 Å². The van der Waals surface area contributed by atoms with Gasteiger partial charge in [-0.25, -0.2) is 0 Å². The number of amides is 2. The Bertz CT molecular complexity index is 1310. The minimum atomic E-state index is -0.198. The van der Waals surface area contributed by atoms with Crippen molar-refractivity contribution in [1.29, 1.82) is 0 Å². The molecule has 7 heteroatoms. The van der Waals surface area contributed by atoms with Gasteiger partial charge in [-0.15, -0.1) is 11.3 Å². The maximum atomic E-state index is 13.8. The molecule has 1 N–H and O–H groups in total. The van der Waals surface area contributed by atoms with Gasteiger partial charge in [0, 0.05) is 44.6 Å². The molecule has 5 rings (SSSR count). The van der Waals surface area contributed by atoms with Crippen LogP contribution in [-0.4, -0.2) is 47.5 Å². The third-order valence-corrected chi connectivity index (χ3v) is 7.15. The third-order valence-electron chi connectivity index (χ3n) is 6.28. The summed E-state index contributed by atoms with van der Waals surface area (Å²) >= 11 is 1.38. The second-order valence-electron chi connectivity index (χ2n) is 8.74. The van der Waals surface area contributed by atoms with Gasteiger partial charge in [-0.3, -0.25) is 9.59 Å². The fourth-order valence-corrected chi connectivity index (χ4v) is 5.12. The molecule has 1 saturated heterocycles. The smallest absolute Gasteiger partial charge is 0.272 e. The predicted molar refractivity (Wildman–Crippen MR) is 142 cm³/mol. The maximum absolute atomic E-state index is 13.8. The molecule has 0 atom stereocenters. The van der Waals surface area contributed by atoms with Crippen molar-refractivity contribution in [1.82, 2.24) is 9.47 Å². The van der Waals surface area contributed by atoms with E-state index in [0.29, 0.717) is 35.9 Å². The van der Waals surface area contributed by atoms with Crippen molar-refractivity contribution in [2.75, 3.05) is 36.4 Å². The minimum Gasteiger partial charge on any atom is -0.368 e. The number of aryl methyl sites for hydroxylation is 1. The number of carbonyl (C=O) groups excluding carboxylic acids is 2. The molecule has 0 radical (unpaired) electrons. The molecule has 1 aliphatic heterocycles. The van der Waals surface area contributed by atoms with Gasteiger partial charge < -0.3 is 19.7 Å². The summed E-state index contributed by atoms with van der Waals surface area (Å²) in [7, 11) is 0. The number of para-hydroxylation sites is 1. The van der Waals surface area contributed by atoms with Crippen molar-refractivity contribution < 1.29 is 9.59 Å². The lowest BCUT2D eigenvalue weighted by molar-refractivity contribution is 0.0737. The topological polar surface area (TPSA) is 57.6 Å². The molecule has 4 aromatic rings. The normalized spacial score (nSPS) is 13.6. The van der Waals surface area contributed by atoms with Crippen LogP contribution in [0, 0.1) is 6.92 Å². The van der Waals surface area contributed by atoms with Gasteiger partial charge in [-0.1, -0.05) is 54.1 Å². The summed E-state index contributed by atoms with van der Waals surface area (Å²) in [5.41, 5.74) is 4.52. The summed E-state index contributed by atoms with van der Waals surface area (Å²) in [5.74, 6) is -0.256. The van der Waals surface area contributed by atoms with Crippen LogP contribution in [0.3, 0.4) is 0 Å². The van der Waals surface area contributed by atoms with E-state index >= 15 is 0 Å².